The van der Waals surface area contributed by atoms with E-state index < -0.39 is 12.0 Å². The largest absolute Gasteiger partial charge is 0.497 e. The molecule has 0 fully saturated rings. The van der Waals surface area contributed by atoms with Crippen molar-refractivity contribution in [1.29, 1.82) is 0 Å². The number of carbonyl (C=O) groups is 1. The molecule has 0 spiro atoms. The molecule has 1 heterocycles. The number of nitrogens with two attached hydrogens (primary N) is 1. The predicted molar refractivity (Wildman–Crippen MR) is 97.4 cm³/mol. The van der Waals surface area contributed by atoms with Crippen molar-refractivity contribution in [3.05, 3.63) is 53.9 Å². The monoisotopic (exact) mass is 355 g/mol. The number of aliphatic carboxylic acids is 1. The van der Waals surface area contributed by atoms with Crippen molar-refractivity contribution in [1.82, 2.24) is 9.55 Å². The molecule has 2 aromatic carbocycles. The van der Waals surface area contributed by atoms with E-state index in [1.807, 2.05) is 41.9 Å². The van der Waals surface area contributed by atoms with Crippen molar-refractivity contribution in [3.8, 4) is 11.5 Å². The summed E-state index contributed by atoms with van der Waals surface area (Å²) in [6.07, 6.45) is 0.280. The van der Waals surface area contributed by atoms with Crippen molar-refractivity contribution in [3.63, 3.8) is 0 Å². The Hall–Kier alpha value is -3.06. The summed E-state index contributed by atoms with van der Waals surface area (Å²) in [5.74, 6) is 1.25. The van der Waals surface area contributed by atoms with Crippen LogP contribution in [0.3, 0.4) is 0 Å². The van der Waals surface area contributed by atoms with E-state index in [9.17, 15) is 4.79 Å². The van der Waals surface area contributed by atoms with Crippen molar-refractivity contribution in [2.45, 2.75) is 19.1 Å². The molecule has 1 atom stereocenters. The lowest BCUT2D eigenvalue weighted by Crippen LogP contribution is -2.32. The third-order valence-corrected chi connectivity index (χ3v) is 4.24. The zero-order valence-corrected chi connectivity index (χ0v) is 14.7. The molecule has 1 aromatic heterocycles. The molecule has 7 nitrogen and oxygen atoms in total. The number of carboxylic acid groups (broad SMARTS) is 1. The molecule has 0 unspecified atom stereocenters. The maximum absolute atomic E-state index is 10.8. The summed E-state index contributed by atoms with van der Waals surface area (Å²) in [6, 6.07) is 12.1. The van der Waals surface area contributed by atoms with E-state index in [1.54, 1.807) is 19.2 Å². The standard InChI is InChI=1S/C19H21N3O4/c1-22-17-10-14(25-2)7-8-16(17)21-18(22)11-26-13-5-3-12(4-6-13)9-15(20)19(23)24/h3-8,10,15H,9,11,20H2,1-2H3,(H,23,24)/t15-/m0/s1. The maximum atomic E-state index is 10.8. The molecule has 0 amide bonds. The fourth-order valence-electron chi connectivity index (χ4n) is 2.69. The molecular weight excluding hydrogens is 334 g/mol. The number of benzene rings is 2. The summed E-state index contributed by atoms with van der Waals surface area (Å²) in [4.78, 5) is 15.4. The zero-order valence-electron chi connectivity index (χ0n) is 14.7. The number of aromatic nitrogens is 2. The van der Waals surface area contributed by atoms with E-state index in [2.05, 4.69) is 4.98 Å². The summed E-state index contributed by atoms with van der Waals surface area (Å²) in [5, 5.41) is 8.86. The minimum Gasteiger partial charge on any atom is -0.497 e. The lowest BCUT2D eigenvalue weighted by molar-refractivity contribution is -0.138. The average molecular weight is 355 g/mol. The number of ether oxygens (including phenoxy) is 2. The van der Waals surface area contributed by atoms with Gasteiger partial charge in [0, 0.05) is 13.1 Å². The lowest BCUT2D eigenvalue weighted by atomic mass is 10.1. The molecule has 3 aromatic rings. The highest BCUT2D eigenvalue weighted by atomic mass is 16.5. The fourth-order valence-corrected chi connectivity index (χ4v) is 2.69. The molecule has 0 saturated carbocycles. The number of aryl methyl sites for hydroxylation is 1. The van der Waals surface area contributed by atoms with Gasteiger partial charge in [0.25, 0.3) is 0 Å². The first-order valence-electron chi connectivity index (χ1n) is 8.17. The van der Waals surface area contributed by atoms with Crippen molar-refractivity contribution < 1.29 is 19.4 Å². The van der Waals surface area contributed by atoms with E-state index in [1.165, 1.54) is 0 Å². The summed E-state index contributed by atoms with van der Waals surface area (Å²) in [5.41, 5.74) is 8.25. The quantitative estimate of drug-likeness (QED) is 0.673. The van der Waals surface area contributed by atoms with Crippen molar-refractivity contribution >= 4 is 17.0 Å². The third kappa shape index (κ3) is 3.78. The topological polar surface area (TPSA) is 99.6 Å². The number of fused-ring (bicyclic) bond motifs is 1. The van der Waals surface area contributed by atoms with Crippen LogP contribution in [-0.2, 0) is 24.9 Å². The van der Waals surface area contributed by atoms with Crippen LogP contribution in [0.1, 0.15) is 11.4 Å². The number of hydrogen-bond acceptors (Lipinski definition) is 5. The van der Waals surface area contributed by atoms with Crippen molar-refractivity contribution in [2.24, 2.45) is 12.8 Å². The highest BCUT2D eigenvalue weighted by Gasteiger charge is 2.12. The van der Waals surface area contributed by atoms with E-state index in [-0.39, 0.29) is 6.42 Å². The molecule has 0 bridgehead atoms. The highest BCUT2D eigenvalue weighted by Crippen LogP contribution is 2.22. The first-order valence-corrected chi connectivity index (χ1v) is 8.17. The number of hydrogen-bond donors (Lipinski definition) is 2. The predicted octanol–water partition coefficient (Wildman–Crippen LogP) is 2.12. The van der Waals surface area contributed by atoms with Gasteiger partial charge >= 0.3 is 5.97 Å². The van der Waals surface area contributed by atoms with Crippen LogP contribution < -0.4 is 15.2 Å². The van der Waals surface area contributed by atoms with Crippen molar-refractivity contribution in [2.75, 3.05) is 7.11 Å². The average Bonchev–Trinajstić information content (AvgIpc) is 2.96. The van der Waals surface area contributed by atoms with Crippen LogP contribution in [0, 0.1) is 0 Å². The van der Waals surface area contributed by atoms with Crippen LogP contribution in [0.15, 0.2) is 42.5 Å². The van der Waals surface area contributed by atoms with Gasteiger partial charge in [-0.05, 0) is 36.2 Å². The van der Waals surface area contributed by atoms with Crippen LogP contribution in [-0.4, -0.2) is 33.8 Å². The second kappa shape index (κ2) is 7.45. The van der Waals surface area contributed by atoms with Gasteiger partial charge in [-0.25, -0.2) is 4.98 Å². The SMILES string of the molecule is COc1ccc2nc(COc3ccc(C[C@H](N)C(=O)O)cc3)n(C)c2c1. The van der Waals surface area contributed by atoms with Crippen LogP contribution in [0.2, 0.25) is 0 Å². The van der Waals surface area contributed by atoms with Crippen LogP contribution in [0.5, 0.6) is 11.5 Å². The first kappa shape index (κ1) is 17.8. The van der Waals surface area contributed by atoms with Gasteiger partial charge in [-0.1, -0.05) is 12.1 Å². The van der Waals surface area contributed by atoms with E-state index >= 15 is 0 Å². The number of rotatable bonds is 7. The Balaban J connectivity index is 1.68. The molecule has 0 radical (unpaired) electrons. The molecule has 136 valence electrons. The molecule has 0 saturated heterocycles. The number of nitrogens with zero attached hydrogens (tertiary/aromatic N) is 2. The lowest BCUT2D eigenvalue weighted by Gasteiger charge is -2.09. The van der Waals surface area contributed by atoms with Gasteiger partial charge in [-0.3, -0.25) is 4.79 Å². The summed E-state index contributed by atoms with van der Waals surface area (Å²) in [7, 11) is 3.57. The first-order chi connectivity index (χ1) is 12.5. The van der Waals surface area contributed by atoms with Gasteiger partial charge in [-0.2, -0.15) is 0 Å². The molecule has 0 aliphatic rings. The molecule has 0 aliphatic carbocycles. The summed E-state index contributed by atoms with van der Waals surface area (Å²) in [6.45, 7) is 0.321. The summed E-state index contributed by atoms with van der Waals surface area (Å²) >= 11 is 0. The summed E-state index contributed by atoms with van der Waals surface area (Å²) < 4.78 is 13.0. The van der Waals surface area contributed by atoms with Crippen LogP contribution >= 0.6 is 0 Å². The minimum absolute atomic E-state index is 0.280. The molecule has 3 N–H and O–H groups in total. The molecular formula is C19H21N3O4. The normalized spacial score (nSPS) is 12.1. The fraction of sp³-hybridized carbons (Fsp3) is 0.263. The van der Waals surface area contributed by atoms with Gasteiger partial charge < -0.3 is 24.9 Å². The molecule has 26 heavy (non-hydrogen) atoms. The number of carboxylic acids is 1. The number of methoxy groups -OCH3 is 1. The Morgan fingerprint density at radius 1 is 1.23 bits per heavy atom. The zero-order chi connectivity index (χ0) is 18.7. The van der Waals surface area contributed by atoms with Gasteiger partial charge in [0.15, 0.2) is 0 Å². The Morgan fingerprint density at radius 3 is 2.58 bits per heavy atom. The van der Waals surface area contributed by atoms with Gasteiger partial charge in [0.1, 0.15) is 30.0 Å². The smallest absolute Gasteiger partial charge is 0.320 e. The maximum Gasteiger partial charge on any atom is 0.320 e. The van der Waals surface area contributed by atoms with E-state index in [0.29, 0.717) is 12.4 Å². The van der Waals surface area contributed by atoms with Gasteiger partial charge in [-0.15, -0.1) is 0 Å². The molecule has 7 heteroatoms. The van der Waals surface area contributed by atoms with Gasteiger partial charge in [0.05, 0.1) is 18.1 Å². The Morgan fingerprint density at radius 2 is 1.92 bits per heavy atom. The Kier molecular flexibility index (Phi) is 5.09. The second-order valence-corrected chi connectivity index (χ2v) is 6.02. The Bertz CT molecular complexity index is 918. The van der Waals surface area contributed by atoms with E-state index in [4.69, 9.17) is 20.3 Å². The third-order valence-electron chi connectivity index (χ3n) is 4.24. The van der Waals surface area contributed by atoms with Crippen LogP contribution in [0.4, 0.5) is 0 Å². The van der Waals surface area contributed by atoms with Crippen LogP contribution in [0.25, 0.3) is 11.0 Å². The minimum atomic E-state index is -1.01. The highest BCUT2D eigenvalue weighted by molar-refractivity contribution is 5.77. The molecule has 3 rings (SSSR count). The number of imidazole rings is 1. The van der Waals surface area contributed by atoms with Gasteiger partial charge in [0.2, 0.25) is 0 Å². The molecule has 0 aliphatic heterocycles. The Labute approximate surface area is 151 Å². The van der Waals surface area contributed by atoms with E-state index in [0.717, 1.165) is 28.2 Å². The second-order valence-electron chi connectivity index (χ2n) is 6.02.